The van der Waals surface area contributed by atoms with Crippen molar-refractivity contribution in [2.75, 3.05) is 6.61 Å². The molecule has 0 saturated heterocycles. The van der Waals surface area contributed by atoms with Gasteiger partial charge in [0.05, 0.1) is 25.0 Å². The van der Waals surface area contributed by atoms with Gasteiger partial charge < -0.3 is 9.84 Å². The number of rotatable bonds is 6. The van der Waals surface area contributed by atoms with Crippen LogP contribution in [0.25, 0.3) is 0 Å². The average Bonchev–Trinajstić information content (AvgIpc) is 2.95. The minimum atomic E-state index is -6.29. The first-order valence-corrected chi connectivity index (χ1v) is 8.38. The Kier molecular flexibility index (Phi) is 4.68. The van der Waals surface area contributed by atoms with Crippen LogP contribution in [0.4, 0.5) is 17.6 Å². The van der Waals surface area contributed by atoms with E-state index in [1.807, 2.05) is 0 Å². The molecule has 0 spiro atoms. The molecular formula is C12H16F4O6S. The zero-order chi connectivity index (χ0) is 17.6. The molecular weight excluding hydrogens is 348 g/mol. The van der Waals surface area contributed by atoms with Gasteiger partial charge in [-0.2, -0.15) is 26.0 Å². The van der Waals surface area contributed by atoms with E-state index in [2.05, 4.69) is 4.74 Å². The van der Waals surface area contributed by atoms with E-state index < -0.39 is 52.3 Å². The van der Waals surface area contributed by atoms with Gasteiger partial charge in [-0.05, 0) is 31.1 Å². The quantitative estimate of drug-likeness (QED) is 0.420. The molecule has 4 atom stereocenters. The Hall–Kier alpha value is -0.940. The largest absolute Gasteiger partial charge is 0.465 e. The Bertz CT molecular complexity index is 576. The summed E-state index contributed by atoms with van der Waals surface area (Å²) in [7, 11) is -6.29. The molecule has 134 valence electrons. The van der Waals surface area contributed by atoms with Crippen LogP contribution in [0.15, 0.2) is 0 Å². The maximum Gasteiger partial charge on any atom is 0.431 e. The van der Waals surface area contributed by atoms with Crippen LogP contribution >= 0.6 is 0 Å². The second-order valence-corrected chi connectivity index (χ2v) is 7.48. The van der Waals surface area contributed by atoms with Crippen molar-refractivity contribution in [1.29, 1.82) is 0 Å². The number of aliphatic hydroxyl groups excluding tert-OH is 1. The molecule has 0 radical (unpaired) electrons. The van der Waals surface area contributed by atoms with E-state index in [0.717, 1.165) is 0 Å². The summed E-state index contributed by atoms with van der Waals surface area (Å²) < 4.78 is 85.7. The molecule has 0 amide bonds. The first-order valence-electron chi connectivity index (χ1n) is 6.94. The lowest BCUT2D eigenvalue weighted by molar-refractivity contribution is -0.176. The number of alkyl halides is 4. The predicted octanol–water partition coefficient (Wildman–Crippen LogP) is 1.44. The number of fused-ring (bicyclic) bond motifs is 2. The molecule has 4 unspecified atom stereocenters. The van der Waals surface area contributed by atoms with Crippen molar-refractivity contribution in [3.8, 4) is 0 Å². The number of hydrogen-bond donors (Lipinski definition) is 2. The van der Waals surface area contributed by atoms with Crippen LogP contribution in [-0.4, -0.2) is 47.9 Å². The summed E-state index contributed by atoms with van der Waals surface area (Å²) in [5.74, 6) is -6.65. The van der Waals surface area contributed by atoms with Gasteiger partial charge in [-0.25, -0.2) is 0 Å². The Morgan fingerprint density at radius 1 is 1.13 bits per heavy atom. The van der Waals surface area contributed by atoms with E-state index in [9.17, 15) is 35.9 Å². The molecule has 2 saturated carbocycles. The lowest BCUT2D eigenvalue weighted by atomic mass is 9.87. The van der Waals surface area contributed by atoms with E-state index in [1.165, 1.54) is 0 Å². The van der Waals surface area contributed by atoms with E-state index in [-0.39, 0.29) is 11.8 Å². The van der Waals surface area contributed by atoms with E-state index in [1.54, 1.807) is 0 Å². The van der Waals surface area contributed by atoms with Crippen molar-refractivity contribution >= 4 is 16.1 Å². The summed E-state index contributed by atoms with van der Waals surface area (Å²) in [6.45, 7) is -1.10. The van der Waals surface area contributed by atoms with Crippen molar-refractivity contribution in [2.24, 2.45) is 17.8 Å². The molecule has 2 aliphatic carbocycles. The fraction of sp³-hybridized carbons (Fsp3) is 0.917. The van der Waals surface area contributed by atoms with E-state index in [4.69, 9.17) is 4.55 Å². The molecule has 23 heavy (non-hydrogen) atoms. The van der Waals surface area contributed by atoms with Gasteiger partial charge in [-0.1, -0.05) is 0 Å². The lowest BCUT2D eigenvalue weighted by Gasteiger charge is -2.25. The van der Waals surface area contributed by atoms with Gasteiger partial charge in [0, 0.05) is 0 Å². The molecule has 0 aliphatic heterocycles. The number of esters is 1. The molecule has 0 heterocycles. The van der Waals surface area contributed by atoms with Gasteiger partial charge in [0.15, 0.2) is 0 Å². The van der Waals surface area contributed by atoms with Crippen molar-refractivity contribution in [2.45, 2.75) is 43.0 Å². The second-order valence-electron chi connectivity index (χ2n) is 6.01. The van der Waals surface area contributed by atoms with Gasteiger partial charge in [0.2, 0.25) is 0 Å². The van der Waals surface area contributed by atoms with Crippen molar-refractivity contribution in [1.82, 2.24) is 0 Å². The highest BCUT2D eigenvalue weighted by molar-refractivity contribution is 7.87. The Morgan fingerprint density at radius 2 is 1.74 bits per heavy atom. The molecule has 0 aromatic rings. The SMILES string of the molecule is O=C(OCCC(F)(F)C(F)(F)S(=O)(=O)O)C1CC2CC1CC2O. The molecule has 0 aromatic carbocycles. The monoisotopic (exact) mass is 364 g/mol. The standard InChI is InChI=1S/C12H16F4O6S/c13-11(14,12(15,16)23(19,20)21)1-2-22-10(18)8-4-7-3-6(8)5-9(7)17/h6-9,17H,1-5H2,(H,19,20,21). The summed E-state index contributed by atoms with van der Waals surface area (Å²) in [4.78, 5) is 11.8. The van der Waals surface area contributed by atoms with Gasteiger partial charge in [0.1, 0.15) is 0 Å². The summed E-state index contributed by atoms with van der Waals surface area (Å²) in [6.07, 6.45) is -0.863. The molecule has 2 fully saturated rings. The molecule has 6 nitrogen and oxygen atoms in total. The summed E-state index contributed by atoms with van der Waals surface area (Å²) in [5.41, 5.74) is 0. The van der Waals surface area contributed by atoms with Crippen molar-refractivity contribution < 1.29 is 45.2 Å². The van der Waals surface area contributed by atoms with E-state index in [0.29, 0.717) is 19.3 Å². The topological polar surface area (TPSA) is 101 Å². The molecule has 2 N–H and O–H groups in total. The van der Waals surface area contributed by atoms with Crippen LogP contribution < -0.4 is 0 Å². The summed E-state index contributed by atoms with van der Waals surface area (Å²) in [5, 5.41) is 3.89. The van der Waals surface area contributed by atoms with Crippen LogP contribution in [0.3, 0.4) is 0 Å². The fourth-order valence-electron chi connectivity index (χ4n) is 3.26. The maximum atomic E-state index is 13.2. The Morgan fingerprint density at radius 3 is 2.17 bits per heavy atom. The van der Waals surface area contributed by atoms with Crippen molar-refractivity contribution in [3.63, 3.8) is 0 Å². The Balaban J connectivity index is 1.86. The number of halogens is 4. The lowest BCUT2D eigenvalue weighted by Crippen LogP contribution is -2.47. The normalized spacial score (nSPS) is 31.4. The first kappa shape index (κ1) is 18.4. The summed E-state index contributed by atoms with van der Waals surface area (Å²) >= 11 is 0. The average molecular weight is 364 g/mol. The van der Waals surface area contributed by atoms with Gasteiger partial charge >= 0.3 is 27.3 Å². The minimum absolute atomic E-state index is 0.0529. The van der Waals surface area contributed by atoms with E-state index >= 15 is 0 Å². The third-order valence-electron chi connectivity index (χ3n) is 4.53. The summed E-state index contributed by atoms with van der Waals surface area (Å²) in [6, 6.07) is 0. The zero-order valence-electron chi connectivity index (χ0n) is 11.8. The highest BCUT2D eigenvalue weighted by Crippen LogP contribution is 2.49. The smallest absolute Gasteiger partial charge is 0.431 e. The van der Waals surface area contributed by atoms with Gasteiger partial charge in [0.25, 0.3) is 0 Å². The zero-order valence-corrected chi connectivity index (χ0v) is 12.6. The highest BCUT2D eigenvalue weighted by atomic mass is 32.2. The molecule has 11 heteroatoms. The number of carbonyl (C=O) groups is 1. The number of carbonyl (C=O) groups excluding carboxylic acids is 1. The highest BCUT2D eigenvalue weighted by Gasteiger charge is 2.65. The van der Waals surface area contributed by atoms with Crippen LogP contribution in [0.2, 0.25) is 0 Å². The Labute approximate surface area is 129 Å². The fourth-order valence-corrected chi connectivity index (χ4v) is 3.73. The third kappa shape index (κ3) is 3.31. The number of aliphatic hydroxyl groups is 1. The molecule has 2 aliphatic rings. The minimum Gasteiger partial charge on any atom is -0.465 e. The number of ether oxygens (including phenoxy) is 1. The van der Waals surface area contributed by atoms with Crippen LogP contribution in [0.1, 0.15) is 25.7 Å². The first-order chi connectivity index (χ1) is 10.4. The molecule has 0 aromatic heterocycles. The van der Waals surface area contributed by atoms with Crippen LogP contribution in [0, 0.1) is 17.8 Å². The predicted molar refractivity (Wildman–Crippen MR) is 67.3 cm³/mol. The van der Waals surface area contributed by atoms with Crippen LogP contribution in [-0.2, 0) is 19.6 Å². The third-order valence-corrected chi connectivity index (χ3v) is 5.48. The molecule has 2 bridgehead atoms. The number of hydrogen-bond acceptors (Lipinski definition) is 5. The van der Waals surface area contributed by atoms with Crippen LogP contribution in [0.5, 0.6) is 0 Å². The van der Waals surface area contributed by atoms with Gasteiger partial charge in [-0.15, -0.1) is 0 Å². The second kappa shape index (κ2) is 5.85. The molecule has 2 rings (SSSR count). The maximum absolute atomic E-state index is 13.2. The van der Waals surface area contributed by atoms with Crippen molar-refractivity contribution in [3.05, 3.63) is 0 Å². The van der Waals surface area contributed by atoms with Gasteiger partial charge in [-0.3, -0.25) is 9.35 Å².